The molecule has 0 spiro atoms. The highest BCUT2D eigenvalue weighted by molar-refractivity contribution is 14.1. The number of aliphatic hydroxyl groups is 2. The van der Waals surface area contributed by atoms with Gasteiger partial charge in [0.25, 0.3) is 0 Å². The van der Waals surface area contributed by atoms with Crippen LogP contribution in [0.5, 0.6) is 11.5 Å². The minimum Gasteiger partial charge on any atom is -0.493 e. The van der Waals surface area contributed by atoms with Crippen molar-refractivity contribution in [3.63, 3.8) is 0 Å². The Morgan fingerprint density at radius 3 is 2.59 bits per heavy atom. The number of alkyl halides is 3. The van der Waals surface area contributed by atoms with Crippen LogP contribution in [0.1, 0.15) is 48.9 Å². The van der Waals surface area contributed by atoms with Crippen LogP contribution < -0.4 is 14.8 Å². The molecule has 0 saturated heterocycles. The van der Waals surface area contributed by atoms with Crippen LogP contribution in [-0.2, 0) is 9.59 Å². The second-order valence-corrected chi connectivity index (χ2v) is 12.1. The van der Waals surface area contributed by atoms with E-state index in [2.05, 4.69) is 5.32 Å². The maximum atomic E-state index is 13.8. The molecule has 2 saturated carbocycles. The zero-order valence-electron chi connectivity index (χ0n) is 22.5. The molecule has 226 valence electrons. The van der Waals surface area contributed by atoms with E-state index in [1.807, 2.05) is 22.6 Å². The first-order chi connectivity index (χ1) is 19.4. The molecule has 9 nitrogen and oxygen atoms in total. The molecule has 0 aromatic heterocycles. The lowest BCUT2D eigenvalue weighted by atomic mass is 9.84. The Hall–Kier alpha value is -2.39. The molecule has 3 unspecified atom stereocenters. The summed E-state index contributed by atoms with van der Waals surface area (Å²) in [6.07, 6.45) is -2.34. The topological polar surface area (TPSA) is 125 Å². The number of carbonyl (C=O) groups is 3. The van der Waals surface area contributed by atoms with Crippen LogP contribution in [0.4, 0.5) is 13.2 Å². The zero-order valence-corrected chi connectivity index (χ0v) is 24.7. The highest BCUT2D eigenvalue weighted by atomic mass is 127. The van der Waals surface area contributed by atoms with Crippen molar-refractivity contribution in [2.45, 2.75) is 63.0 Å². The molecule has 3 aliphatic rings. The number of aldehydes is 1. The number of methoxy groups -OCH3 is 1. The van der Waals surface area contributed by atoms with Crippen LogP contribution >= 0.6 is 22.6 Å². The van der Waals surface area contributed by atoms with Crippen molar-refractivity contribution < 1.29 is 47.2 Å². The highest BCUT2D eigenvalue weighted by Gasteiger charge is 2.47. The first kappa shape index (κ1) is 31.5. The summed E-state index contributed by atoms with van der Waals surface area (Å²) >= 11 is 1.90. The summed E-state index contributed by atoms with van der Waals surface area (Å²) in [5, 5.41) is 23.0. The van der Waals surface area contributed by atoms with Gasteiger partial charge in [0.15, 0.2) is 11.5 Å². The molecule has 1 aromatic rings. The number of ether oxygens (including phenoxy) is 2. The number of hydrogen-bond acceptors (Lipinski definition) is 7. The lowest BCUT2D eigenvalue weighted by molar-refractivity contribution is -0.173. The molecule has 4 rings (SSSR count). The summed E-state index contributed by atoms with van der Waals surface area (Å²) < 4.78 is 53.3. The monoisotopic (exact) mass is 694 g/mol. The van der Waals surface area contributed by atoms with Gasteiger partial charge in [0.1, 0.15) is 25.0 Å². The van der Waals surface area contributed by atoms with Gasteiger partial charge in [-0.3, -0.25) is 14.4 Å². The smallest absolute Gasteiger partial charge is 0.406 e. The van der Waals surface area contributed by atoms with Gasteiger partial charge < -0.3 is 29.9 Å². The van der Waals surface area contributed by atoms with Gasteiger partial charge in [0.2, 0.25) is 11.8 Å². The Bertz CT molecular complexity index is 1180. The van der Waals surface area contributed by atoms with Crippen molar-refractivity contribution in [2.75, 3.05) is 26.8 Å². The maximum absolute atomic E-state index is 13.8. The summed E-state index contributed by atoms with van der Waals surface area (Å²) in [5.74, 6) is -0.308. The van der Waals surface area contributed by atoms with Crippen LogP contribution in [0.3, 0.4) is 0 Å². The second kappa shape index (κ2) is 13.3. The number of fused-ring (bicyclic) bond motifs is 2. The van der Waals surface area contributed by atoms with Crippen LogP contribution in [-0.4, -0.2) is 84.4 Å². The van der Waals surface area contributed by atoms with Gasteiger partial charge in [0.05, 0.1) is 23.3 Å². The molecule has 1 aromatic carbocycles. The number of carbonyl (C=O) groups excluding carboxylic acids is 3. The fourth-order valence-corrected chi connectivity index (χ4v) is 7.14. The molecule has 2 bridgehead atoms. The summed E-state index contributed by atoms with van der Waals surface area (Å²) in [4.78, 5) is 38.4. The van der Waals surface area contributed by atoms with E-state index in [-0.39, 0.29) is 49.0 Å². The summed E-state index contributed by atoms with van der Waals surface area (Å²) in [6, 6.07) is 1.50. The molecule has 0 radical (unpaired) electrons. The third kappa shape index (κ3) is 7.53. The Morgan fingerprint density at radius 1 is 1.24 bits per heavy atom. The van der Waals surface area contributed by atoms with E-state index < -0.39 is 42.8 Å². The van der Waals surface area contributed by atoms with Gasteiger partial charge in [-0.1, -0.05) is 6.42 Å². The summed E-state index contributed by atoms with van der Waals surface area (Å²) in [6.45, 7) is -2.03. The van der Waals surface area contributed by atoms with Gasteiger partial charge in [-0.25, -0.2) is 0 Å². The first-order valence-electron chi connectivity index (χ1n) is 13.6. The number of benzene rings is 1. The Labute approximate surface area is 249 Å². The highest BCUT2D eigenvalue weighted by Crippen LogP contribution is 2.50. The molecule has 41 heavy (non-hydrogen) atoms. The third-order valence-corrected chi connectivity index (χ3v) is 9.05. The average molecular weight is 694 g/mol. The molecule has 3 N–H and O–H groups in total. The molecule has 3 aliphatic carbocycles. The van der Waals surface area contributed by atoms with Gasteiger partial charge in [0, 0.05) is 30.5 Å². The number of rotatable bonds is 11. The Morgan fingerprint density at radius 2 is 2.00 bits per heavy atom. The summed E-state index contributed by atoms with van der Waals surface area (Å²) in [7, 11) is 1.34. The number of aliphatic hydroxyl groups excluding tert-OH is 2. The SMILES string of the molecule is COc1cc(C=O)cc(I)c1O[C@H]1C=C(C(=O)NCCO)C[C@@H](N(CC(F)(F)F)C(=O)CC2CC3CCC2C3)[C@@H]1O. The maximum Gasteiger partial charge on any atom is 0.406 e. The van der Waals surface area contributed by atoms with Gasteiger partial charge in [-0.15, -0.1) is 0 Å². The molecule has 0 aliphatic heterocycles. The first-order valence-corrected chi connectivity index (χ1v) is 14.6. The summed E-state index contributed by atoms with van der Waals surface area (Å²) in [5.41, 5.74) is 0.306. The van der Waals surface area contributed by atoms with Gasteiger partial charge in [-0.05, 0) is 77.8 Å². The van der Waals surface area contributed by atoms with Crippen LogP contribution in [0, 0.1) is 21.3 Å². The predicted molar refractivity (Wildman–Crippen MR) is 149 cm³/mol. The van der Waals surface area contributed by atoms with Crippen LogP contribution in [0.25, 0.3) is 0 Å². The Kier molecular flexibility index (Phi) is 10.2. The second-order valence-electron chi connectivity index (χ2n) is 10.9. The van der Waals surface area contributed by atoms with Crippen molar-refractivity contribution in [3.05, 3.63) is 32.9 Å². The lowest BCUT2D eigenvalue weighted by Crippen LogP contribution is -2.57. The molecular weight excluding hydrogens is 660 g/mol. The van der Waals surface area contributed by atoms with Gasteiger partial charge >= 0.3 is 6.18 Å². The molecule has 0 heterocycles. The van der Waals surface area contributed by atoms with E-state index in [4.69, 9.17) is 14.6 Å². The lowest BCUT2D eigenvalue weighted by Gasteiger charge is -2.41. The van der Waals surface area contributed by atoms with Crippen molar-refractivity contribution in [3.8, 4) is 11.5 Å². The molecule has 6 atom stereocenters. The number of hydrogen-bond donors (Lipinski definition) is 3. The molecular formula is C28H34F3IN2O7. The van der Waals surface area contributed by atoms with E-state index in [0.29, 0.717) is 32.2 Å². The van der Waals surface area contributed by atoms with E-state index in [1.165, 1.54) is 25.3 Å². The number of amides is 2. The van der Waals surface area contributed by atoms with Crippen molar-refractivity contribution in [1.29, 1.82) is 0 Å². The van der Waals surface area contributed by atoms with E-state index in [9.17, 15) is 32.7 Å². The largest absolute Gasteiger partial charge is 0.493 e. The number of halogens is 4. The molecule has 2 fully saturated rings. The normalized spacial score (nSPS) is 27.2. The molecule has 13 heteroatoms. The minimum absolute atomic E-state index is 0.00481. The number of nitrogens with one attached hydrogen (secondary N) is 1. The predicted octanol–water partition coefficient (Wildman–Crippen LogP) is 3.25. The quantitative estimate of drug-likeness (QED) is 0.240. The van der Waals surface area contributed by atoms with Crippen LogP contribution in [0.2, 0.25) is 0 Å². The standard InChI is InChI=1S/C28H34F3IN2O7/c1-40-23-9-16(13-36)8-20(32)26(23)41-22-11-19(27(39)33-4-5-35)10-21(25(22)38)34(14-28(29,30)31)24(37)12-18-7-15-2-3-17(18)6-15/h8-9,11,13,15,17-18,21-22,25,35,38H,2-7,10,12,14H2,1H3,(H,33,39)/t15?,17?,18?,21-,22+,25+/m1/s1. The third-order valence-electron chi connectivity index (χ3n) is 8.25. The van der Waals surface area contributed by atoms with Crippen molar-refractivity contribution in [1.82, 2.24) is 10.2 Å². The minimum atomic E-state index is -4.75. The van der Waals surface area contributed by atoms with Crippen molar-refractivity contribution >= 4 is 40.7 Å². The van der Waals surface area contributed by atoms with Crippen LogP contribution in [0.15, 0.2) is 23.8 Å². The van der Waals surface area contributed by atoms with Gasteiger partial charge in [-0.2, -0.15) is 13.2 Å². The fourth-order valence-electron chi connectivity index (χ4n) is 6.39. The average Bonchev–Trinajstić information content (AvgIpc) is 3.55. The van der Waals surface area contributed by atoms with E-state index in [0.717, 1.165) is 25.7 Å². The van der Waals surface area contributed by atoms with E-state index in [1.54, 1.807) is 0 Å². The molecule has 2 amide bonds. The number of nitrogens with zero attached hydrogens (tertiary/aromatic N) is 1. The fraction of sp³-hybridized carbons (Fsp3) is 0.607. The van der Waals surface area contributed by atoms with Crippen molar-refractivity contribution in [2.24, 2.45) is 17.8 Å². The zero-order chi connectivity index (χ0) is 29.9. The Balaban J connectivity index is 1.67. The van der Waals surface area contributed by atoms with E-state index >= 15 is 0 Å².